The lowest BCUT2D eigenvalue weighted by molar-refractivity contribution is 0.695. The molecule has 0 saturated carbocycles. The van der Waals surface area contributed by atoms with Crippen molar-refractivity contribution in [1.29, 1.82) is 0 Å². The Morgan fingerprint density at radius 2 is 1.95 bits per heavy atom. The zero-order valence-corrected chi connectivity index (χ0v) is 13.0. The van der Waals surface area contributed by atoms with E-state index in [1.54, 1.807) is 17.9 Å². The van der Waals surface area contributed by atoms with Gasteiger partial charge in [0.25, 0.3) is 5.56 Å². The second-order valence-corrected chi connectivity index (χ2v) is 5.46. The number of para-hydroxylation sites is 1. The standard InChI is InChI=1S/C15H13BrN4O/c1-11-14(16)15(21)19(10-17-11)9-12-7-8-20(18-12)13-5-3-2-4-6-13/h2-8,10H,9H2,1H3. The van der Waals surface area contributed by atoms with Crippen LogP contribution in [-0.4, -0.2) is 19.3 Å². The fraction of sp³-hybridized carbons (Fsp3) is 0.133. The molecule has 0 amide bonds. The molecular weight excluding hydrogens is 332 g/mol. The van der Waals surface area contributed by atoms with Crippen LogP contribution in [0.2, 0.25) is 0 Å². The van der Waals surface area contributed by atoms with Gasteiger partial charge < -0.3 is 0 Å². The Morgan fingerprint density at radius 3 is 2.71 bits per heavy atom. The average Bonchev–Trinajstić information content (AvgIpc) is 2.97. The number of benzene rings is 1. The quantitative estimate of drug-likeness (QED) is 0.733. The highest BCUT2D eigenvalue weighted by molar-refractivity contribution is 9.10. The molecule has 5 nitrogen and oxygen atoms in total. The van der Waals surface area contributed by atoms with Gasteiger partial charge in [-0.05, 0) is 41.1 Å². The lowest BCUT2D eigenvalue weighted by Gasteiger charge is -2.05. The Labute approximate surface area is 130 Å². The van der Waals surface area contributed by atoms with Gasteiger partial charge in [-0.2, -0.15) is 5.10 Å². The van der Waals surface area contributed by atoms with Gasteiger partial charge in [0.1, 0.15) is 4.47 Å². The summed E-state index contributed by atoms with van der Waals surface area (Å²) >= 11 is 3.26. The maximum absolute atomic E-state index is 12.1. The van der Waals surface area contributed by atoms with Crippen molar-refractivity contribution in [2.45, 2.75) is 13.5 Å². The minimum Gasteiger partial charge on any atom is -0.292 e. The molecule has 106 valence electrons. The van der Waals surface area contributed by atoms with E-state index < -0.39 is 0 Å². The van der Waals surface area contributed by atoms with Crippen LogP contribution >= 0.6 is 15.9 Å². The largest absolute Gasteiger partial charge is 0.292 e. The van der Waals surface area contributed by atoms with Gasteiger partial charge in [-0.1, -0.05) is 18.2 Å². The summed E-state index contributed by atoms with van der Waals surface area (Å²) in [6.07, 6.45) is 3.43. The van der Waals surface area contributed by atoms with Crippen molar-refractivity contribution in [3.8, 4) is 5.69 Å². The lowest BCUT2D eigenvalue weighted by atomic mass is 10.3. The van der Waals surface area contributed by atoms with Crippen molar-refractivity contribution in [3.05, 3.63) is 75.1 Å². The third-order valence-corrected chi connectivity index (χ3v) is 4.07. The number of hydrogen-bond donors (Lipinski definition) is 0. The molecule has 3 rings (SSSR count). The number of aryl methyl sites for hydroxylation is 1. The fourth-order valence-corrected chi connectivity index (χ4v) is 2.33. The summed E-state index contributed by atoms with van der Waals surface area (Å²) < 4.78 is 3.82. The summed E-state index contributed by atoms with van der Waals surface area (Å²) in [7, 11) is 0. The Hall–Kier alpha value is -2.21. The SMILES string of the molecule is Cc1ncn(Cc2ccn(-c3ccccc3)n2)c(=O)c1Br. The first-order chi connectivity index (χ1) is 10.1. The minimum atomic E-state index is -0.100. The summed E-state index contributed by atoms with van der Waals surface area (Å²) in [6, 6.07) is 11.7. The average molecular weight is 345 g/mol. The molecular formula is C15H13BrN4O. The zero-order valence-electron chi connectivity index (χ0n) is 11.4. The van der Waals surface area contributed by atoms with E-state index in [2.05, 4.69) is 26.0 Å². The van der Waals surface area contributed by atoms with E-state index in [0.717, 1.165) is 11.4 Å². The van der Waals surface area contributed by atoms with Crippen LogP contribution in [-0.2, 0) is 6.54 Å². The molecule has 0 saturated heterocycles. The van der Waals surface area contributed by atoms with Crippen molar-refractivity contribution in [2.75, 3.05) is 0 Å². The molecule has 0 radical (unpaired) electrons. The molecule has 0 aliphatic heterocycles. The predicted octanol–water partition coefficient (Wildman–Crippen LogP) is 2.55. The van der Waals surface area contributed by atoms with Crippen molar-refractivity contribution >= 4 is 15.9 Å². The van der Waals surface area contributed by atoms with Gasteiger partial charge in [-0.3, -0.25) is 9.36 Å². The van der Waals surface area contributed by atoms with Gasteiger partial charge in [0.2, 0.25) is 0 Å². The van der Waals surface area contributed by atoms with Gasteiger partial charge >= 0.3 is 0 Å². The number of nitrogens with zero attached hydrogens (tertiary/aromatic N) is 4. The first-order valence-corrected chi connectivity index (χ1v) is 7.26. The molecule has 21 heavy (non-hydrogen) atoms. The van der Waals surface area contributed by atoms with E-state index in [0.29, 0.717) is 16.7 Å². The van der Waals surface area contributed by atoms with E-state index >= 15 is 0 Å². The van der Waals surface area contributed by atoms with Crippen molar-refractivity contribution in [3.63, 3.8) is 0 Å². The van der Waals surface area contributed by atoms with Gasteiger partial charge in [-0.25, -0.2) is 9.67 Å². The van der Waals surface area contributed by atoms with E-state index in [4.69, 9.17) is 0 Å². The van der Waals surface area contributed by atoms with Gasteiger partial charge in [0, 0.05) is 6.20 Å². The topological polar surface area (TPSA) is 52.7 Å². The molecule has 0 N–H and O–H groups in total. The van der Waals surface area contributed by atoms with Crippen LogP contribution in [0.15, 0.2) is 58.2 Å². The third-order valence-electron chi connectivity index (χ3n) is 3.15. The number of aromatic nitrogens is 4. The molecule has 0 unspecified atom stereocenters. The molecule has 2 heterocycles. The van der Waals surface area contributed by atoms with E-state index in [1.807, 2.05) is 42.6 Å². The molecule has 0 bridgehead atoms. The van der Waals surface area contributed by atoms with Crippen molar-refractivity contribution in [2.24, 2.45) is 0 Å². The zero-order chi connectivity index (χ0) is 14.8. The normalized spacial score (nSPS) is 10.8. The maximum atomic E-state index is 12.1. The molecule has 1 aromatic carbocycles. The molecule has 6 heteroatoms. The number of rotatable bonds is 3. The molecule has 0 aliphatic carbocycles. The highest BCUT2D eigenvalue weighted by Gasteiger charge is 2.07. The Balaban J connectivity index is 1.89. The van der Waals surface area contributed by atoms with Gasteiger partial charge in [0.15, 0.2) is 0 Å². The summed E-state index contributed by atoms with van der Waals surface area (Å²) in [5, 5.41) is 4.48. The summed E-state index contributed by atoms with van der Waals surface area (Å²) in [5.74, 6) is 0. The molecule has 0 fully saturated rings. The van der Waals surface area contributed by atoms with Crippen molar-refractivity contribution in [1.82, 2.24) is 19.3 Å². The van der Waals surface area contributed by atoms with E-state index in [-0.39, 0.29) is 5.56 Å². The summed E-state index contributed by atoms with van der Waals surface area (Å²) in [5.41, 5.74) is 2.38. The van der Waals surface area contributed by atoms with Crippen LogP contribution < -0.4 is 5.56 Å². The second kappa shape index (κ2) is 5.65. The maximum Gasteiger partial charge on any atom is 0.268 e. The molecule has 3 aromatic rings. The molecule has 2 aromatic heterocycles. The minimum absolute atomic E-state index is 0.100. The Bertz CT molecular complexity index is 823. The Kier molecular flexibility index (Phi) is 3.70. The molecule has 0 spiro atoms. The lowest BCUT2D eigenvalue weighted by Crippen LogP contribution is -2.22. The summed E-state index contributed by atoms with van der Waals surface area (Å²) in [4.78, 5) is 16.3. The highest BCUT2D eigenvalue weighted by atomic mass is 79.9. The third kappa shape index (κ3) is 2.80. The van der Waals surface area contributed by atoms with Crippen molar-refractivity contribution < 1.29 is 0 Å². The predicted molar refractivity (Wildman–Crippen MR) is 83.6 cm³/mol. The van der Waals surface area contributed by atoms with Crippen LogP contribution in [0.3, 0.4) is 0 Å². The molecule has 0 atom stereocenters. The number of halogens is 1. The van der Waals surface area contributed by atoms with Crippen LogP contribution in [0, 0.1) is 6.92 Å². The van der Waals surface area contributed by atoms with Gasteiger partial charge in [-0.15, -0.1) is 0 Å². The summed E-state index contributed by atoms with van der Waals surface area (Å²) in [6.45, 7) is 2.19. The van der Waals surface area contributed by atoms with Crippen LogP contribution in [0.25, 0.3) is 5.69 Å². The number of hydrogen-bond acceptors (Lipinski definition) is 3. The van der Waals surface area contributed by atoms with E-state index in [1.165, 1.54) is 4.57 Å². The molecule has 0 aliphatic rings. The first-order valence-electron chi connectivity index (χ1n) is 6.46. The van der Waals surface area contributed by atoms with E-state index in [9.17, 15) is 4.79 Å². The highest BCUT2D eigenvalue weighted by Crippen LogP contribution is 2.09. The van der Waals surface area contributed by atoms with Gasteiger partial charge in [0.05, 0.1) is 29.9 Å². The Morgan fingerprint density at radius 1 is 1.19 bits per heavy atom. The second-order valence-electron chi connectivity index (χ2n) is 4.66. The first kappa shape index (κ1) is 13.8. The van der Waals surface area contributed by atoms with Crippen LogP contribution in [0.1, 0.15) is 11.4 Å². The smallest absolute Gasteiger partial charge is 0.268 e. The van der Waals surface area contributed by atoms with Crippen LogP contribution in [0.4, 0.5) is 0 Å². The monoisotopic (exact) mass is 344 g/mol. The fourth-order valence-electron chi connectivity index (χ4n) is 2.00. The van der Waals surface area contributed by atoms with Crippen LogP contribution in [0.5, 0.6) is 0 Å².